The first-order chi connectivity index (χ1) is 13.6. The highest BCUT2D eigenvalue weighted by Gasteiger charge is 2.47. The van der Waals surface area contributed by atoms with Crippen LogP contribution in [-0.4, -0.2) is 22.4 Å². The fourth-order valence-corrected chi connectivity index (χ4v) is 4.79. The van der Waals surface area contributed by atoms with E-state index in [2.05, 4.69) is 10.5 Å². The second-order valence-electron chi connectivity index (χ2n) is 7.45. The van der Waals surface area contributed by atoms with Gasteiger partial charge in [0.2, 0.25) is 0 Å². The lowest BCUT2D eigenvalue weighted by Crippen LogP contribution is -2.28. The molecule has 8 heteroatoms. The molecule has 2 N–H and O–H groups in total. The molecule has 0 radical (unpaired) electrons. The number of nitrogens with one attached hydrogen (secondary N) is 1. The normalized spacial score (nSPS) is 13.6. The molecule has 1 aromatic heterocycles. The lowest BCUT2D eigenvalue weighted by Gasteiger charge is -2.34. The van der Waals surface area contributed by atoms with E-state index in [-0.39, 0.29) is 11.5 Å². The van der Waals surface area contributed by atoms with Gasteiger partial charge in [0.25, 0.3) is 0 Å². The second kappa shape index (κ2) is 9.06. The maximum atomic E-state index is 14.0. The Hall–Kier alpha value is -2.24. The topological polar surface area (TPSA) is 89.9 Å². The van der Waals surface area contributed by atoms with Crippen molar-refractivity contribution in [3.05, 3.63) is 41.1 Å². The second-order valence-corrected chi connectivity index (χ2v) is 9.89. The van der Waals surface area contributed by atoms with E-state index in [0.717, 1.165) is 11.3 Å². The van der Waals surface area contributed by atoms with Crippen molar-refractivity contribution in [1.82, 2.24) is 4.98 Å². The predicted molar refractivity (Wildman–Crippen MR) is 115 cm³/mol. The van der Waals surface area contributed by atoms with Crippen LogP contribution in [0.4, 0.5) is 5.82 Å². The van der Waals surface area contributed by atoms with Gasteiger partial charge < -0.3 is 14.4 Å². The van der Waals surface area contributed by atoms with Crippen molar-refractivity contribution in [2.45, 2.75) is 59.5 Å². The van der Waals surface area contributed by atoms with Crippen molar-refractivity contribution in [3.8, 4) is 17.2 Å². The highest BCUT2D eigenvalue weighted by Crippen LogP contribution is 2.62. The third-order valence-electron chi connectivity index (χ3n) is 5.24. The van der Waals surface area contributed by atoms with Gasteiger partial charge in [0.05, 0.1) is 12.3 Å². The zero-order valence-electron chi connectivity index (χ0n) is 18.2. The lowest BCUT2D eigenvalue weighted by atomic mass is 10.1. The van der Waals surface area contributed by atoms with Crippen molar-refractivity contribution in [2.24, 2.45) is 0 Å². The van der Waals surface area contributed by atoms with E-state index < -0.39 is 12.8 Å². The minimum Gasteiger partial charge on any atom is -0.504 e. The summed E-state index contributed by atoms with van der Waals surface area (Å²) in [5, 5.41) is 9.34. The maximum absolute atomic E-state index is 14.0. The number of methoxy groups -OCH3 is 1. The highest BCUT2D eigenvalue weighted by atomic mass is 31.2. The summed E-state index contributed by atoms with van der Waals surface area (Å²) in [5.74, 6) is 1.01. The molecule has 0 amide bonds. The summed E-state index contributed by atoms with van der Waals surface area (Å²) in [7, 11) is -2.26. The lowest BCUT2D eigenvalue weighted by molar-refractivity contribution is 0.278. The van der Waals surface area contributed by atoms with Gasteiger partial charge in [-0.3, -0.25) is 0 Å². The smallest absolute Gasteiger partial charge is 0.406 e. The number of phenols is 1. The quantitative estimate of drug-likeness (QED) is 0.383. The number of phenolic OH excluding ortho intramolecular Hbond substituents is 1. The summed E-state index contributed by atoms with van der Waals surface area (Å²) < 4.78 is 30.9. The molecular formula is C21H31N2O5P. The van der Waals surface area contributed by atoms with Crippen LogP contribution in [0.15, 0.2) is 24.3 Å². The number of hydrogen-bond donors (Lipinski definition) is 2. The summed E-state index contributed by atoms with van der Waals surface area (Å²) in [6.45, 7) is 11.3. The Morgan fingerprint density at radius 2 is 1.79 bits per heavy atom. The molecule has 2 rings (SSSR count). The fourth-order valence-electron chi connectivity index (χ4n) is 2.94. The number of hydrogen-bond acceptors (Lipinski definition) is 7. The molecule has 0 aliphatic carbocycles. The summed E-state index contributed by atoms with van der Waals surface area (Å²) in [6.07, 6.45) is 1.16. The average Bonchev–Trinajstić information content (AvgIpc) is 2.67. The zero-order valence-corrected chi connectivity index (χ0v) is 19.1. The number of nitrogens with zero attached hydrogens (tertiary/aromatic N) is 1. The highest BCUT2D eigenvalue weighted by molar-refractivity contribution is 7.56. The minimum atomic E-state index is -3.71. The predicted octanol–water partition coefficient (Wildman–Crippen LogP) is 5.92. The van der Waals surface area contributed by atoms with Crippen LogP contribution in [0.1, 0.15) is 50.4 Å². The molecule has 0 aliphatic rings. The Morgan fingerprint density at radius 3 is 2.34 bits per heavy atom. The van der Waals surface area contributed by atoms with Crippen LogP contribution in [0.3, 0.4) is 0 Å². The van der Waals surface area contributed by atoms with Gasteiger partial charge in [0.1, 0.15) is 5.75 Å². The van der Waals surface area contributed by atoms with Crippen LogP contribution in [0, 0.1) is 20.8 Å². The van der Waals surface area contributed by atoms with Crippen LogP contribution in [0.5, 0.6) is 17.2 Å². The molecule has 0 spiro atoms. The van der Waals surface area contributed by atoms with Gasteiger partial charge >= 0.3 is 7.60 Å². The average molecular weight is 422 g/mol. The SMILES string of the molecule is CCC(C)(CC)P(=O)(ONc1cc(C)cc(C)n1)Oc1cc(C)c(O)c(OC)c1. The summed E-state index contributed by atoms with van der Waals surface area (Å²) in [4.78, 5) is 4.37. The van der Waals surface area contributed by atoms with Gasteiger partial charge in [-0.05, 0) is 69.9 Å². The van der Waals surface area contributed by atoms with E-state index >= 15 is 0 Å². The van der Waals surface area contributed by atoms with Gasteiger partial charge in [0, 0.05) is 11.8 Å². The molecule has 0 saturated heterocycles. The van der Waals surface area contributed by atoms with Crippen molar-refractivity contribution in [3.63, 3.8) is 0 Å². The molecule has 0 saturated carbocycles. The first-order valence-corrected chi connectivity index (χ1v) is 11.2. The number of aromatic nitrogens is 1. The molecule has 1 aromatic carbocycles. The third-order valence-corrected chi connectivity index (χ3v) is 7.97. The zero-order chi connectivity index (χ0) is 21.8. The molecule has 7 nitrogen and oxygen atoms in total. The molecule has 1 unspecified atom stereocenters. The maximum Gasteiger partial charge on any atom is 0.406 e. The molecule has 0 aliphatic heterocycles. The van der Waals surface area contributed by atoms with E-state index in [4.69, 9.17) is 13.9 Å². The van der Waals surface area contributed by atoms with Gasteiger partial charge in [-0.1, -0.05) is 13.8 Å². The monoisotopic (exact) mass is 422 g/mol. The van der Waals surface area contributed by atoms with Crippen LogP contribution < -0.4 is 14.7 Å². The first kappa shape index (κ1) is 23.0. The van der Waals surface area contributed by atoms with Crippen molar-refractivity contribution < 1.29 is 23.6 Å². The third kappa shape index (κ3) is 5.03. The van der Waals surface area contributed by atoms with E-state index in [1.54, 1.807) is 19.1 Å². The molecule has 1 heterocycles. The van der Waals surface area contributed by atoms with Crippen LogP contribution >= 0.6 is 7.60 Å². The summed E-state index contributed by atoms with van der Waals surface area (Å²) in [6, 6.07) is 6.85. The number of anilines is 1. The number of ether oxygens (including phenoxy) is 1. The van der Waals surface area contributed by atoms with Crippen LogP contribution in [0.2, 0.25) is 0 Å². The van der Waals surface area contributed by atoms with Crippen molar-refractivity contribution >= 4 is 13.4 Å². The van der Waals surface area contributed by atoms with Gasteiger partial charge in [0.15, 0.2) is 17.3 Å². The molecule has 0 bridgehead atoms. The van der Waals surface area contributed by atoms with Gasteiger partial charge in [-0.15, -0.1) is 0 Å². The van der Waals surface area contributed by atoms with Gasteiger partial charge in [-0.2, -0.15) is 4.62 Å². The Balaban J connectivity index is 2.41. The Bertz CT molecular complexity index is 892. The number of aromatic hydroxyl groups is 1. The first-order valence-electron chi connectivity index (χ1n) is 9.64. The van der Waals surface area contributed by atoms with Crippen molar-refractivity contribution in [1.29, 1.82) is 0 Å². The fraction of sp³-hybridized carbons (Fsp3) is 0.476. The molecular weight excluding hydrogens is 391 g/mol. The van der Waals surface area contributed by atoms with E-state index in [9.17, 15) is 9.67 Å². The number of pyridine rings is 1. The number of rotatable bonds is 9. The number of benzene rings is 1. The Labute approximate surface area is 172 Å². The Morgan fingerprint density at radius 1 is 1.14 bits per heavy atom. The molecule has 160 valence electrons. The summed E-state index contributed by atoms with van der Waals surface area (Å²) >= 11 is 0. The van der Waals surface area contributed by atoms with Crippen molar-refractivity contribution in [2.75, 3.05) is 12.6 Å². The summed E-state index contributed by atoms with van der Waals surface area (Å²) in [5.41, 5.74) is 5.11. The van der Waals surface area contributed by atoms with E-state index in [1.807, 2.05) is 40.7 Å². The van der Waals surface area contributed by atoms with E-state index in [0.29, 0.717) is 30.0 Å². The van der Waals surface area contributed by atoms with Crippen LogP contribution in [0.25, 0.3) is 0 Å². The van der Waals surface area contributed by atoms with Crippen LogP contribution in [-0.2, 0) is 9.19 Å². The van der Waals surface area contributed by atoms with Gasteiger partial charge in [-0.25, -0.2) is 15.0 Å². The molecule has 29 heavy (non-hydrogen) atoms. The molecule has 2 aromatic rings. The molecule has 0 fully saturated rings. The standard InChI is InChI=1S/C21H31N2O5P/c1-8-21(6,9-2)29(25,28-23-19-11-14(3)10-16(5)22-19)27-17-12-15(4)20(24)18(13-17)26-7/h10-13,24H,8-9H2,1-7H3,(H,22,23). The number of aryl methyl sites for hydroxylation is 3. The Kier molecular flexibility index (Phi) is 7.20. The molecule has 1 atom stereocenters. The minimum absolute atomic E-state index is 0.0157. The largest absolute Gasteiger partial charge is 0.504 e. The van der Waals surface area contributed by atoms with E-state index in [1.165, 1.54) is 13.2 Å².